The van der Waals surface area contributed by atoms with Crippen LogP contribution in [0.4, 0.5) is 26.1 Å². The van der Waals surface area contributed by atoms with Gasteiger partial charge in [0.05, 0.1) is 11.6 Å². The first kappa shape index (κ1) is 26.9. The Bertz CT molecular complexity index is 1430. The third-order valence-electron chi connectivity index (χ3n) is 7.71. The summed E-state index contributed by atoms with van der Waals surface area (Å²) in [4.78, 5) is 38.6. The molecule has 2 N–H and O–H groups in total. The Morgan fingerprint density at radius 1 is 1.21 bits per heavy atom. The number of benzene rings is 1. The van der Waals surface area contributed by atoms with Crippen molar-refractivity contribution < 1.29 is 23.4 Å². The van der Waals surface area contributed by atoms with Crippen LogP contribution in [-0.4, -0.2) is 69.3 Å². The van der Waals surface area contributed by atoms with E-state index in [1.807, 2.05) is 38.4 Å². The lowest BCUT2D eigenvalue weighted by atomic mass is 10.00. The average molecular weight is 543 g/mol. The van der Waals surface area contributed by atoms with Crippen LogP contribution < -0.4 is 20.5 Å². The number of fused-ring (bicyclic) bond motifs is 1. The number of nitrogens with zero attached hydrogens (tertiary/aromatic N) is 5. The Morgan fingerprint density at radius 3 is 2.56 bits per heavy atom. The van der Waals surface area contributed by atoms with E-state index in [-0.39, 0.29) is 23.5 Å². The predicted octanol–water partition coefficient (Wildman–Crippen LogP) is 3.67. The van der Waals surface area contributed by atoms with Crippen molar-refractivity contribution in [3.8, 4) is 5.75 Å². The Hall–Kier alpha value is -3.64. The molecule has 3 aromatic rings. The lowest BCUT2D eigenvalue weighted by Crippen LogP contribution is -2.45. The summed E-state index contributed by atoms with van der Waals surface area (Å²) in [6, 6.07) is 8.07. The van der Waals surface area contributed by atoms with Gasteiger partial charge in [0.15, 0.2) is 5.75 Å². The molecule has 1 aromatic carbocycles. The van der Waals surface area contributed by atoms with Gasteiger partial charge in [-0.25, -0.2) is 4.98 Å². The van der Waals surface area contributed by atoms with Gasteiger partial charge in [-0.1, -0.05) is 0 Å². The van der Waals surface area contributed by atoms with Crippen molar-refractivity contribution in [1.82, 2.24) is 19.4 Å². The minimum Gasteiger partial charge on any atom is -0.429 e. The molecule has 0 radical (unpaired) electrons. The second kappa shape index (κ2) is 10.5. The average Bonchev–Trinajstić information content (AvgIpc) is 3.23. The highest BCUT2D eigenvalue weighted by Crippen LogP contribution is 2.40. The molecular formula is C27H32F2N6O4. The van der Waals surface area contributed by atoms with Crippen molar-refractivity contribution in [2.45, 2.75) is 63.3 Å². The number of nitrogens with one attached hydrogen (secondary N) is 1. The zero-order valence-corrected chi connectivity index (χ0v) is 22.1. The number of amides is 1. The predicted molar refractivity (Wildman–Crippen MR) is 143 cm³/mol. The van der Waals surface area contributed by atoms with Crippen molar-refractivity contribution in [2.24, 2.45) is 0 Å². The Kier molecular flexibility index (Phi) is 7.25. The number of hydrogen-bond acceptors (Lipinski definition) is 8. The Balaban J connectivity index is 1.43. The van der Waals surface area contributed by atoms with Crippen LogP contribution in [0.15, 0.2) is 41.3 Å². The number of carbonyl (C=O) groups is 1. The van der Waals surface area contributed by atoms with Crippen LogP contribution >= 0.6 is 0 Å². The zero-order valence-electron chi connectivity index (χ0n) is 22.1. The summed E-state index contributed by atoms with van der Waals surface area (Å²) in [7, 11) is 3.96. The topological polar surface area (TPSA) is 113 Å². The van der Waals surface area contributed by atoms with Crippen LogP contribution in [0.5, 0.6) is 5.75 Å². The van der Waals surface area contributed by atoms with Crippen molar-refractivity contribution in [3.05, 3.63) is 46.9 Å². The maximum absolute atomic E-state index is 13.2. The number of anilines is 3. The van der Waals surface area contributed by atoms with E-state index in [0.717, 1.165) is 12.1 Å². The number of piperidine rings is 1. The van der Waals surface area contributed by atoms with E-state index in [1.54, 1.807) is 11.8 Å². The molecule has 0 bridgehead atoms. The van der Waals surface area contributed by atoms with Crippen molar-refractivity contribution in [3.63, 3.8) is 0 Å². The highest BCUT2D eigenvalue weighted by Gasteiger charge is 2.40. The van der Waals surface area contributed by atoms with Crippen molar-refractivity contribution in [1.29, 1.82) is 0 Å². The molecule has 5 rings (SSSR count). The zero-order chi connectivity index (χ0) is 27.9. The van der Waals surface area contributed by atoms with Gasteiger partial charge < -0.3 is 25.0 Å². The summed E-state index contributed by atoms with van der Waals surface area (Å²) in [5.41, 5.74) is -0.337. The second-order valence-corrected chi connectivity index (χ2v) is 10.6. The van der Waals surface area contributed by atoms with E-state index < -0.39 is 29.6 Å². The number of pyridine rings is 1. The number of carbonyl (C=O) groups excluding carboxylic acids is 1. The molecule has 1 unspecified atom stereocenters. The maximum Gasteiger partial charge on any atom is 0.387 e. The molecule has 1 saturated carbocycles. The molecule has 1 saturated heterocycles. The lowest BCUT2D eigenvalue weighted by molar-refractivity contribution is -0.120. The smallest absolute Gasteiger partial charge is 0.387 e. The van der Waals surface area contributed by atoms with E-state index >= 15 is 0 Å². The van der Waals surface area contributed by atoms with E-state index in [9.17, 15) is 23.5 Å². The van der Waals surface area contributed by atoms with Crippen LogP contribution in [0.1, 0.15) is 45.1 Å². The summed E-state index contributed by atoms with van der Waals surface area (Å²) in [5.74, 6) is -0.259. The first-order valence-electron chi connectivity index (χ1n) is 13.0. The SMILES string of the molecule is CN(C)C1CCN(c2ccc(Nc3ncc4cc(OC(F)F)c(=O)n([C@@H]5CCC[C@@]5(C)O)c4n3)cc2)C(=O)C1. The number of rotatable bonds is 7. The van der Waals surface area contributed by atoms with E-state index in [4.69, 9.17) is 0 Å². The van der Waals surface area contributed by atoms with Crippen molar-refractivity contribution >= 4 is 34.3 Å². The fourth-order valence-electron chi connectivity index (χ4n) is 5.55. The number of halogens is 2. The highest BCUT2D eigenvalue weighted by molar-refractivity contribution is 5.94. The van der Waals surface area contributed by atoms with Crippen LogP contribution in [0.3, 0.4) is 0 Å². The van der Waals surface area contributed by atoms with Gasteiger partial charge in [0.2, 0.25) is 11.9 Å². The molecule has 2 aromatic heterocycles. The standard InChI is InChI=1S/C27H32F2N6O4/c1-27(38)11-4-5-21(27)35-23-16(13-20(24(35)37)39-25(28)29)15-30-26(32-23)31-17-6-8-18(9-7-17)34-12-10-19(33(2)3)14-22(34)36/h6-9,13,15,19,21,25,38H,4-5,10-12,14H2,1-3H3,(H,30,31,32)/t19?,21-,27-/m1/s1. The molecule has 0 spiro atoms. The summed E-state index contributed by atoms with van der Waals surface area (Å²) >= 11 is 0. The minimum atomic E-state index is -3.17. The maximum atomic E-state index is 13.2. The van der Waals surface area contributed by atoms with Crippen LogP contribution in [0, 0.1) is 0 Å². The molecule has 2 aliphatic rings. The highest BCUT2D eigenvalue weighted by atomic mass is 19.3. The van der Waals surface area contributed by atoms with Gasteiger partial charge in [-0.2, -0.15) is 13.8 Å². The number of ether oxygens (including phenoxy) is 1. The first-order chi connectivity index (χ1) is 18.5. The number of aromatic nitrogens is 3. The molecule has 12 heteroatoms. The Morgan fingerprint density at radius 2 is 1.95 bits per heavy atom. The Labute approximate surface area is 224 Å². The van der Waals surface area contributed by atoms with Crippen LogP contribution in [0.25, 0.3) is 11.0 Å². The normalized spacial score (nSPS) is 23.7. The third kappa shape index (κ3) is 5.44. The summed E-state index contributed by atoms with van der Waals surface area (Å²) in [6.07, 6.45) is 4.40. The quantitative estimate of drug-likeness (QED) is 0.465. The largest absolute Gasteiger partial charge is 0.429 e. The van der Waals surface area contributed by atoms with Gasteiger partial charge in [0, 0.05) is 42.0 Å². The summed E-state index contributed by atoms with van der Waals surface area (Å²) in [6.45, 7) is -0.909. The molecule has 3 heterocycles. The summed E-state index contributed by atoms with van der Waals surface area (Å²) in [5, 5.41) is 14.4. The fraction of sp³-hybridized carbons (Fsp3) is 0.481. The number of aliphatic hydroxyl groups is 1. The van der Waals surface area contributed by atoms with Gasteiger partial charge in [0.1, 0.15) is 5.65 Å². The molecule has 1 aliphatic heterocycles. The van der Waals surface area contributed by atoms with Gasteiger partial charge in [0.25, 0.3) is 5.56 Å². The number of alkyl halides is 2. The molecule has 3 atom stereocenters. The van der Waals surface area contributed by atoms with E-state index in [0.29, 0.717) is 43.3 Å². The number of hydrogen-bond donors (Lipinski definition) is 2. The van der Waals surface area contributed by atoms with Crippen LogP contribution in [0.2, 0.25) is 0 Å². The minimum absolute atomic E-state index is 0.0782. The van der Waals surface area contributed by atoms with Gasteiger partial charge in [-0.05, 0) is 77.0 Å². The van der Waals surface area contributed by atoms with Gasteiger partial charge in [-0.3, -0.25) is 14.2 Å². The lowest BCUT2D eigenvalue weighted by Gasteiger charge is -2.34. The first-order valence-corrected chi connectivity index (χ1v) is 13.0. The molecular weight excluding hydrogens is 510 g/mol. The monoisotopic (exact) mass is 542 g/mol. The molecule has 10 nitrogen and oxygen atoms in total. The third-order valence-corrected chi connectivity index (χ3v) is 7.71. The summed E-state index contributed by atoms with van der Waals surface area (Å²) < 4.78 is 31.7. The molecule has 1 amide bonds. The second-order valence-electron chi connectivity index (χ2n) is 10.6. The van der Waals surface area contributed by atoms with E-state index in [2.05, 4.69) is 24.9 Å². The van der Waals surface area contributed by atoms with Gasteiger partial charge in [-0.15, -0.1) is 0 Å². The van der Waals surface area contributed by atoms with Gasteiger partial charge >= 0.3 is 6.61 Å². The van der Waals surface area contributed by atoms with E-state index in [1.165, 1.54) is 16.8 Å². The molecule has 2 fully saturated rings. The fourth-order valence-corrected chi connectivity index (χ4v) is 5.55. The van der Waals surface area contributed by atoms with Crippen molar-refractivity contribution in [2.75, 3.05) is 30.9 Å². The van der Waals surface area contributed by atoms with Crippen LogP contribution in [-0.2, 0) is 4.79 Å². The molecule has 1 aliphatic carbocycles. The molecule has 39 heavy (non-hydrogen) atoms. The molecule has 208 valence electrons.